The standard InChI is InChI=1S/C11H15NO2/c12-10(9-4-2-1-3-5-9)11(6-13)7-14-8-11/h1-5,10,13H,6-8,12H2. The highest BCUT2D eigenvalue weighted by Crippen LogP contribution is 2.38. The summed E-state index contributed by atoms with van der Waals surface area (Å²) in [5, 5.41) is 9.31. The Hall–Kier alpha value is -0.900. The van der Waals surface area contributed by atoms with E-state index >= 15 is 0 Å². The van der Waals surface area contributed by atoms with E-state index in [4.69, 9.17) is 10.5 Å². The molecule has 0 radical (unpaired) electrons. The van der Waals surface area contributed by atoms with Gasteiger partial charge in [-0.25, -0.2) is 0 Å². The van der Waals surface area contributed by atoms with Crippen molar-refractivity contribution in [3.8, 4) is 0 Å². The van der Waals surface area contributed by atoms with Crippen molar-refractivity contribution in [1.82, 2.24) is 0 Å². The fourth-order valence-electron chi connectivity index (χ4n) is 1.75. The summed E-state index contributed by atoms with van der Waals surface area (Å²) in [6.07, 6.45) is 0. The minimum atomic E-state index is -0.263. The Labute approximate surface area is 83.5 Å². The van der Waals surface area contributed by atoms with Gasteiger partial charge in [-0.05, 0) is 5.56 Å². The number of hydrogen-bond acceptors (Lipinski definition) is 3. The summed E-state index contributed by atoms with van der Waals surface area (Å²) in [4.78, 5) is 0. The van der Waals surface area contributed by atoms with Gasteiger partial charge in [0, 0.05) is 6.04 Å². The van der Waals surface area contributed by atoms with E-state index in [1.165, 1.54) is 0 Å². The second kappa shape index (κ2) is 3.69. The third-order valence-corrected chi connectivity index (χ3v) is 2.91. The normalized spacial score (nSPS) is 21.3. The highest BCUT2D eigenvalue weighted by atomic mass is 16.5. The number of aliphatic hydroxyl groups excluding tert-OH is 1. The molecule has 0 bridgehead atoms. The molecule has 0 aromatic heterocycles. The van der Waals surface area contributed by atoms with Crippen LogP contribution in [0.15, 0.2) is 30.3 Å². The molecule has 1 atom stereocenters. The predicted octanol–water partition coefficient (Wildman–Crippen LogP) is 0.695. The molecule has 76 valence electrons. The summed E-state index contributed by atoms with van der Waals surface area (Å²) in [5.41, 5.74) is 6.90. The number of hydrogen-bond donors (Lipinski definition) is 2. The van der Waals surface area contributed by atoms with Crippen molar-refractivity contribution < 1.29 is 9.84 Å². The van der Waals surface area contributed by atoms with Crippen LogP contribution in [0, 0.1) is 5.41 Å². The van der Waals surface area contributed by atoms with Crippen LogP contribution in [-0.2, 0) is 4.74 Å². The Balaban J connectivity index is 2.19. The Morgan fingerprint density at radius 3 is 2.43 bits per heavy atom. The van der Waals surface area contributed by atoms with Gasteiger partial charge in [-0.2, -0.15) is 0 Å². The molecule has 14 heavy (non-hydrogen) atoms. The van der Waals surface area contributed by atoms with E-state index in [-0.39, 0.29) is 18.1 Å². The van der Waals surface area contributed by atoms with Gasteiger partial charge >= 0.3 is 0 Å². The van der Waals surface area contributed by atoms with E-state index in [9.17, 15) is 5.11 Å². The van der Waals surface area contributed by atoms with Crippen LogP contribution >= 0.6 is 0 Å². The van der Waals surface area contributed by atoms with Crippen LogP contribution in [0.3, 0.4) is 0 Å². The summed E-state index contributed by atoms with van der Waals surface area (Å²) in [5.74, 6) is 0. The summed E-state index contributed by atoms with van der Waals surface area (Å²) in [7, 11) is 0. The predicted molar refractivity (Wildman–Crippen MR) is 53.7 cm³/mol. The van der Waals surface area contributed by atoms with Crippen molar-refractivity contribution in [2.75, 3.05) is 19.8 Å². The molecule has 2 rings (SSSR count). The Morgan fingerprint density at radius 1 is 1.36 bits per heavy atom. The molecule has 0 spiro atoms. The maximum absolute atomic E-state index is 9.31. The fraction of sp³-hybridized carbons (Fsp3) is 0.455. The topological polar surface area (TPSA) is 55.5 Å². The molecule has 0 aliphatic carbocycles. The number of rotatable bonds is 3. The zero-order valence-electron chi connectivity index (χ0n) is 8.02. The quantitative estimate of drug-likeness (QED) is 0.742. The van der Waals surface area contributed by atoms with Gasteiger partial charge in [0.15, 0.2) is 0 Å². The molecule has 0 amide bonds. The van der Waals surface area contributed by atoms with Crippen molar-refractivity contribution in [1.29, 1.82) is 0 Å². The Kier molecular flexibility index (Phi) is 2.54. The first-order valence-corrected chi connectivity index (χ1v) is 4.78. The number of benzene rings is 1. The van der Waals surface area contributed by atoms with Crippen LogP contribution in [0.1, 0.15) is 11.6 Å². The lowest BCUT2D eigenvalue weighted by Gasteiger charge is -2.44. The minimum Gasteiger partial charge on any atom is -0.396 e. The number of aliphatic hydroxyl groups is 1. The lowest BCUT2D eigenvalue weighted by atomic mass is 9.76. The molecular formula is C11H15NO2. The van der Waals surface area contributed by atoms with E-state index in [0.29, 0.717) is 13.2 Å². The summed E-state index contributed by atoms with van der Waals surface area (Å²) < 4.78 is 5.13. The number of nitrogens with two attached hydrogens (primary N) is 1. The summed E-state index contributed by atoms with van der Waals surface area (Å²) in [6.45, 7) is 1.20. The zero-order chi connectivity index (χ0) is 10.0. The van der Waals surface area contributed by atoms with E-state index in [1.807, 2.05) is 30.3 Å². The molecule has 1 aromatic carbocycles. The molecule has 0 saturated carbocycles. The molecule has 1 aliphatic heterocycles. The first kappa shape index (κ1) is 9.65. The van der Waals surface area contributed by atoms with Crippen molar-refractivity contribution in [2.24, 2.45) is 11.1 Å². The van der Waals surface area contributed by atoms with Gasteiger partial charge in [0.05, 0.1) is 25.2 Å². The molecule has 1 heterocycles. The van der Waals surface area contributed by atoms with Crippen LogP contribution < -0.4 is 5.73 Å². The molecular weight excluding hydrogens is 178 g/mol. The molecule has 1 saturated heterocycles. The third-order valence-electron chi connectivity index (χ3n) is 2.91. The lowest BCUT2D eigenvalue weighted by molar-refractivity contribution is -0.150. The molecule has 1 aromatic rings. The van der Waals surface area contributed by atoms with Crippen molar-refractivity contribution in [3.05, 3.63) is 35.9 Å². The second-order valence-corrected chi connectivity index (χ2v) is 3.90. The molecule has 1 aliphatic rings. The van der Waals surface area contributed by atoms with Crippen molar-refractivity contribution >= 4 is 0 Å². The number of ether oxygens (including phenoxy) is 1. The zero-order valence-corrected chi connectivity index (χ0v) is 8.02. The summed E-state index contributed by atoms with van der Waals surface area (Å²) in [6, 6.07) is 9.71. The smallest absolute Gasteiger partial charge is 0.0594 e. The molecule has 3 N–H and O–H groups in total. The first-order chi connectivity index (χ1) is 6.78. The fourth-order valence-corrected chi connectivity index (χ4v) is 1.75. The van der Waals surface area contributed by atoms with Crippen LogP contribution in [0.25, 0.3) is 0 Å². The van der Waals surface area contributed by atoms with E-state index < -0.39 is 0 Å². The van der Waals surface area contributed by atoms with Gasteiger partial charge in [0.25, 0.3) is 0 Å². The Morgan fingerprint density at radius 2 is 2.00 bits per heavy atom. The maximum Gasteiger partial charge on any atom is 0.0594 e. The van der Waals surface area contributed by atoms with Crippen LogP contribution in [0.4, 0.5) is 0 Å². The molecule has 1 fully saturated rings. The van der Waals surface area contributed by atoms with Gasteiger partial charge in [-0.3, -0.25) is 0 Å². The van der Waals surface area contributed by atoms with Gasteiger partial charge in [0.2, 0.25) is 0 Å². The lowest BCUT2D eigenvalue weighted by Crippen LogP contribution is -2.52. The maximum atomic E-state index is 9.31. The third kappa shape index (κ3) is 1.43. The van der Waals surface area contributed by atoms with Gasteiger partial charge in [-0.15, -0.1) is 0 Å². The Bertz CT molecular complexity index is 290. The highest BCUT2D eigenvalue weighted by Gasteiger charge is 2.44. The van der Waals surface area contributed by atoms with E-state index in [1.54, 1.807) is 0 Å². The average molecular weight is 193 g/mol. The SMILES string of the molecule is NC(c1ccccc1)C1(CO)COC1. The van der Waals surface area contributed by atoms with Gasteiger partial charge in [0.1, 0.15) is 0 Å². The van der Waals surface area contributed by atoms with E-state index in [2.05, 4.69) is 0 Å². The monoisotopic (exact) mass is 193 g/mol. The van der Waals surface area contributed by atoms with Gasteiger partial charge in [-0.1, -0.05) is 30.3 Å². The average Bonchev–Trinajstić information content (AvgIpc) is 2.18. The minimum absolute atomic E-state index is 0.0864. The van der Waals surface area contributed by atoms with Crippen LogP contribution in [-0.4, -0.2) is 24.9 Å². The highest BCUT2D eigenvalue weighted by molar-refractivity contribution is 5.22. The molecule has 1 unspecified atom stereocenters. The second-order valence-electron chi connectivity index (χ2n) is 3.90. The van der Waals surface area contributed by atoms with Crippen LogP contribution in [0.5, 0.6) is 0 Å². The van der Waals surface area contributed by atoms with E-state index in [0.717, 1.165) is 5.56 Å². The summed E-state index contributed by atoms with van der Waals surface area (Å²) >= 11 is 0. The van der Waals surface area contributed by atoms with Crippen molar-refractivity contribution in [2.45, 2.75) is 6.04 Å². The molecule has 3 nitrogen and oxygen atoms in total. The van der Waals surface area contributed by atoms with Crippen molar-refractivity contribution in [3.63, 3.8) is 0 Å². The first-order valence-electron chi connectivity index (χ1n) is 4.78. The van der Waals surface area contributed by atoms with Gasteiger partial charge < -0.3 is 15.6 Å². The van der Waals surface area contributed by atoms with Crippen LogP contribution in [0.2, 0.25) is 0 Å². The largest absolute Gasteiger partial charge is 0.396 e. The molecule has 3 heteroatoms.